The number of fused-ring (bicyclic) bond motifs is 5. The number of allylic oxidation sites excluding steroid dienone is 8. The molecule has 4 aromatic rings. The number of halogens is 4. The van der Waals surface area contributed by atoms with Crippen molar-refractivity contribution in [1.29, 1.82) is 0 Å². The van der Waals surface area contributed by atoms with Crippen LogP contribution in [0.15, 0.2) is 105 Å². The number of rotatable bonds is 4. The fourth-order valence-electron chi connectivity index (χ4n) is 10.0. The van der Waals surface area contributed by atoms with Crippen LogP contribution in [0.5, 0.6) is 0 Å². The van der Waals surface area contributed by atoms with E-state index in [0.717, 1.165) is 10.0 Å². The van der Waals surface area contributed by atoms with E-state index in [2.05, 4.69) is 161 Å². The third kappa shape index (κ3) is 6.16. The molecule has 0 saturated carbocycles. The summed E-state index contributed by atoms with van der Waals surface area (Å²) in [6.07, 6.45) is 7.45. The molecule has 52 heavy (non-hydrogen) atoms. The van der Waals surface area contributed by atoms with Crippen LogP contribution in [0.3, 0.4) is 0 Å². The Balaban J connectivity index is 0.00000232. The molecule has 0 fully saturated rings. The van der Waals surface area contributed by atoms with Gasteiger partial charge in [-0.25, -0.2) is 0 Å². The molecule has 1 unspecified atom stereocenters. The molecule has 0 heterocycles. The van der Waals surface area contributed by atoms with Gasteiger partial charge in [-0.15, -0.1) is 0 Å². The van der Waals surface area contributed by atoms with Crippen LogP contribution >= 0.6 is 23.2 Å². The van der Waals surface area contributed by atoms with Crippen LogP contribution in [-0.4, -0.2) is 7.42 Å². The van der Waals surface area contributed by atoms with Gasteiger partial charge in [0.2, 0.25) is 0 Å². The molecule has 5 heteroatoms. The summed E-state index contributed by atoms with van der Waals surface area (Å²) >= 11 is 9.00. The van der Waals surface area contributed by atoms with Gasteiger partial charge in [0.05, 0.1) is 0 Å². The van der Waals surface area contributed by atoms with Crippen molar-refractivity contribution in [3.05, 3.63) is 160 Å². The van der Waals surface area contributed by atoms with Crippen molar-refractivity contribution in [2.45, 2.75) is 76.8 Å². The van der Waals surface area contributed by atoms with E-state index in [0.29, 0.717) is 5.92 Å². The summed E-state index contributed by atoms with van der Waals surface area (Å²) in [6, 6.07) is 27.5. The second-order valence-corrected chi connectivity index (χ2v) is 26.1. The van der Waals surface area contributed by atoms with E-state index in [1.54, 1.807) is 3.28 Å². The number of hydrogen-bond donors (Lipinski definition) is 0. The van der Waals surface area contributed by atoms with Crippen molar-refractivity contribution in [2.24, 2.45) is 5.92 Å². The molecule has 1 atom stereocenters. The van der Waals surface area contributed by atoms with Crippen LogP contribution in [0.1, 0.15) is 110 Å². The standard InChI is InChI=1S/C25H25.C8H11.2C7H5Cl.2ClH.Zr/c1-14-12-24(3,4)22-8-16-7-17-9-23-19(15(2)13-25(23,5)6)11-21(17)20(16)10-18(14)22;1-6-4-7(2)8(3)5-6;2*1-6-2-4-7(8)5-3-6;;;/h7-13H,1-6H3;4,6H,1-3H3;2*1-5H;2*1H;/q;;;;;;+2/p-2. The van der Waals surface area contributed by atoms with E-state index >= 15 is 0 Å². The topological polar surface area (TPSA) is 0 Å². The smallest absolute Gasteiger partial charge is 1.00 e. The first-order chi connectivity index (χ1) is 23.6. The van der Waals surface area contributed by atoms with Crippen molar-refractivity contribution >= 4 is 41.8 Å². The van der Waals surface area contributed by atoms with Gasteiger partial charge < -0.3 is 24.8 Å². The fourth-order valence-corrected chi connectivity index (χ4v) is 24.4. The second-order valence-electron chi connectivity index (χ2n) is 16.5. The molecule has 0 radical (unpaired) electrons. The molecule has 4 aliphatic rings. The Labute approximate surface area is 336 Å². The first-order valence-corrected chi connectivity index (χ1v) is 24.2. The molecule has 0 nitrogen and oxygen atoms in total. The van der Waals surface area contributed by atoms with Crippen LogP contribution in [0.25, 0.3) is 22.3 Å². The molecule has 8 rings (SSSR count). The maximum absolute atomic E-state index is 6.52. The molecular formula is C47H46Cl4Zr. The van der Waals surface area contributed by atoms with Gasteiger partial charge in [-0.05, 0) is 0 Å². The number of benzene rings is 4. The number of hydrogen-bond acceptors (Lipinski definition) is 0. The van der Waals surface area contributed by atoms with Crippen LogP contribution in [0.2, 0.25) is 10.0 Å². The fraction of sp³-hybridized carbons (Fsp3) is 0.277. The predicted molar refractivity (Wildman–Crippen MR) is 216 cm³/mol. The molecule has 4 aliphatic carbocycles. The average molecular weight is 844 g/mol. The third-order valence-corrected chi connectivity index (χ3v) is 24.8. The Morgan fingerprint density at radius 3 is 1.35 bits per heavy atom. The molecular weight excluding hydrogens is 798 g/mol. The zero-order valence-electron chi connectivity index (χ0n) is 31.5. The molecule has 0 bridgehead atoms. The second kappa shape index (κ2) is 13.7. The van der Waals surface area contributed by atoms with E-state index in [1.165, 1.54) is 77.9 Å². The van der Waals surface area contributed by atoms with E-state index in [9.17, 15) is 0 Å². The van der Waals surface area contributed by atoms with Gasteiger partial charge >= 0.3 is 315 Å². The van der Waals surface area contributed by atoms with Crippen LogP contribution in [0.4, 0.5) is 0 Å². The van der Waals surface area contributed by atoms with Gasteiger partial charge in [0, 0.05) is 0 Å². The molecule has 0 amide bonds. The molecule has 0 saturated heterocycles. The van der Waals surface area contributed by atoms with Gasteiger partial charge in [-0.2, -0.15) is 0 Å². The first kappa shape index (κ1) is 39.3. The minimum atomic E-state index is -4.04. The summed E-state index contributed by atoms with van der Waals surface area (Å²) in [7, 11) is 0. The van der Waals surface area contributed by atoms with Gasteiger partial charge in [-0.3, -0.25) is 0 Å². The van der Waals surface area contributed by atoms with E-state index in [4.69, 9.17) is 23.2 Å². The summed E-state index contributed by atoms with van der Waals surface area (Å²) in [5.41, 5.74) is 19.6. The Hall–Kier alpha value is -2.38. The molecule has 0 N–H and O–H groups in total. The Kier molecular flexibility index (Phi) is 10.4. The van der Waals surface area contributed by atoms with Crippen LogP contribution < -0.4 is 24.8 Å². The Morgan fingerprint density at radius 1 is 0.577 bits per heavy atom. The molecule has 266 valence electrons. The minimum absolute atomic E-state index is 0. The Bertz CT molecular complexity index is 2260. The first-order valence-electron chi connectivity index (χ1n) is 18.0. The monoisotopic (exact) mass is 840 g/mol. The van der Waals surface area contributed by atoms with Crippen molar-refractivity contribution in [2.75, 3.05) is 0 Å². The molecule has 0 aliphatic heterocycles. The quantitative estimate of drug-likeness (QED) is 0.205. The van der Waals surface area contributed by atoms with Gasteiger partial charge in [-0.1, -0.05) is 0 Å². The van der Waals surface area contributed by atoms with E-state index < -0.39 is 19.3 Å². The zero-order valence-corrected chi connectivity index (χ0v) is 37.0. The van der Waals surface area contributed by atoms with E-state index in [1.807, 2.05) is 0 Å². The summed E-state index contributed by atoms with van der Waals surface area (Å²) in [5.74, 6) is 0.343. The zero-order chi connectivity index (χ0) is 35.5. The van der Waals surface area contributed by atoms with Crippen molar-refractivity contribution in [3.8, 4) is 11.1 Å². The molecule has 0 spiro atoms. The third-order valence-electron chi connectivity index (χ3n) is 12.1. The maximum atomic E-state index is 6.52. The summed E-state index contributed by atoms with van der Waals surface area (Å²) in [4.78, 5) is 0. The summed E-state index contributed by atoms with van der Waals surface area (Å²) < 4.78 is 7.41. The average Bonchev–Trinajstić information content (AvgIpc) is 3.67. The molecule has 0 aromatic heterocycles. The van der Waals surface area contributed by atoms with Crippen molar-refractivity contribution in [3.63, 3.8) is 0 Å². The van der Waals surface area contributed by atoms with Crippen molar-refractivity contribution in [1.82, 2.24) is 0 Å². The van der Waals surface area contributed by atoms with Crippen molar-refractivity contribution < 1.29 is 44.1 Å². The Morgan fingerprint density at radius 2 is 0.981 bits per heavy atom. The normalized spacial score (nSPS) is 18.4. The van der Waals surface area contributed by atoms with Gasteiger partial charge in [0.25, 0.3) is 0 Å². The largest absolute Gasteiger partial charge is 1.00 e. The summed E-state index contributed by atoms with van der Waals surface area (Å²) in [6.45, 7) is 21.2. The van der Waals surface area contributed by atoms with Crippen LogP contribution in [-0.2, 0) is 30.1 Å². The molecule has 4 aromatic carbocycles. The van der Waals surface area contributed by atoms with E-state index in [-0.39, 0.29) is 39.3 Å². The minimum Gasteiger partial charge on any atom is -1.00 e. The maximum Gasteiger partial charge on any atom is -1.00 e. The van der Waals surface area contributed by atoms with Gasteiger partial charge in [0.1, 0.15) is 0 Å². The summed E-state index contributed by atoms with van der Waals surface area (Å²) in [5, 5.41) is 1.54. The van der Waals surface area contributed by atoms with Crippen LogP contribution in [0, 0.1) is 5.92 Å². The predicted octanol–water partition coefficient (Wildman–Crippen LogP) is 7.19. The van der Waals surface area contributed by atoms with Gasteiger partial charge in [0.15, 0.2) is 0 Å². The SMILES string of the molecule is CC1=CC(C)[C]([Zr+2](=[CH]c2ccc(Cl)cc2)(=[CH]c2ccc(Cl)cc2)[CH]2c3cc4c(cc3-c3cc5c(cc32)C(C)(C)C=C5C)C(C)=CC4(C)C)=C1C.[Cl-].[Cl-].